The van der Waals surface area contributed by atoms with Crippen molar-refractivity contribution in [3.8, 4) is 0 Å². The second-order valence-corrected chi connectivity index (χ2v) is 6.47. The number of rotatable bonds is 5. The Morgan fingerprint density at radius 1 is 0.826 bits per heavy atom. The first-order chi connectivity index (χ1) is 11.4. The first-order valence-electron chi connectivity index (χ1n) is 8.49. The van der Waals surface area contributed by atoms with Crippen LogP contribution in [0.15, 0.2) is 66.2 Å². The van der Waals surface area contributed by atoms with Crippen LogP contribution in [0.5, 0.6) is 0 Å². The largest absolute Gasteiger partial charge is 0.303 e. The van der Waals surface area contributed by atoms with Crippen LogP contribution in [0.4, 0.5) is 0 Å². The first-order valence-corrected chi connectivity index (χ1v) is 9.03. The van der Waals surface area contributed by atoms with Crippen LogP contribution in [0, 0.1) is 0 Å². The molecule has 0 spiro atoms. The average molecular weight is 326 g/mol. The number of hydrogen-bond acceptors (Lipinski definition) is 1. The number of alkyl halides is 1. The van der Waals surface area contributed by atoms with E-state index in [1.165, 1.54) is 16.7 Å². The molecule has 1 heterocycles. The van der Waals surface area contributed by atoms with Crippen molar-refractivity contribution in [2.75, 3.05) is 25.5 Å². The fourth-order valence-electron chi connectivity index (χ4n) is 3.36. The predicted molar refractivity (Wildman–Crippen MR) is 99.9 cm³/mol. The molecule has 1 saturated heterocycles. The number of halogens is 1. The molecule has 0 aliphatic carbocycles. The maximum absolute atomic E-state index is 5.82. The van der Waals surface area contributed by atoms with Crippen LogP contribution in [-0.4, -0.2) is 30.4 Å². The fourth-order valence-corrected chi connectivity index (χ4v) is 3.48. The number of benzene rings is 2. The SMILES string of the molecule is ClCCCN1CCC(=C(c2ccccc2)c2ccccc2)CC1. The van der Waals surface area contributed by atoms with Crippen molar-refractivity contribution in [2.45, 2.75) is 19.3 Å². The highest BCUT2D eigenvalue weighted by molar-refractivity contribution is 6.17. The summed E-state index contributed by atoms with van der Waals surface area (Å²) in [6.07, 6.45) is 3.40. The minimum atomic E-state index is 0.762. The lowest BCUT2D eigenvalue weighted by atomic mass is 9.88. The molecule has 1 nitrogen and oxygen atoms in total. The second-order valence-electron chi connectivity index (χ2n) is 6.09. The lowest BCUT2D eigenvalue weighted by Gasteiger charge is -2.30. The van der Waals surface area contributed by atoms with Crippen LogP contribution in [0.25, 0.3) is 5.57 Å². The van der Waals surface area contributed by atoms with E-state index in [1.807, 2.05) is 0 Å². The molecule has 23 heavy (non-hydrogen) atoms. The average Bonchev–Trinajstić information content (AvgIpc) is 2.63. The van der Waals surface area contributed by atoms with Crippen LogP contribution in [0.3, 0.4) is 0 Å². The van der Waals surface area contributed by atoms with E-state index >= 15 is 0 Å². The Kier molecular flexibility index (Phi) is 5.90. The molecule has 0 unspecified atom stereocenters. The van der Waals surface area contributed by atoms with Gasteiger partial charge in [0.2, 0.25) is 0 Å². The van der Waals surface area contributed by atoms with E-state index < -0.39 is 0 Å². The zero-order valence-corrected chi connectivity index (χ0v) is 14.3. The van der Waals surface area contributed by atoms with Crippen molar-refractivity contribution in [3.05, 3.63) is 77.4 Å². The lowest BCUT2D eigenvalue weighted by Crippen LogP contribution is -2.32. The Balaban J connectivity index is 1.88. The van der Waals surface area contributed by atoms with Gasteiger partial charge in [0.1, 0.15) is 0 Å². The van der Waals surface area contributed by atoms with Gasteiger partial charge in [-0.3, -0.25) is 0 Å². The Morgan fingerprint density at radius 3 is 1.83 bits per heavy atom. The standard InChI is InChI=1S/C21H24ClN/c22-14-7-15-23-16-12-20(13-17-23)21(18-8-3-1-4-9-18)19-10-5-2-6-11-19/h1-6,8-11H,7,12-17H2. The van der Waals surface area contributed by atoms with E-state index in [4.69, 9.17) is 11.6 Å². The Bertz CT molecular complexity index is 582. The molecule has 2 aromatic carbocycles. The van der Waals surface area contributed by atoms with Crippen LogP contribution in [-0.2, 0) is 0 Å². The summed E-state index contributed by atoms with van der Waals surface area (Å²) in [5.41, 5.74) is 5.69. The van der Waals surface area contributed by atoms with Gasteiger partial charge in [-0.05, 0) is 42.5 Å². The van der Waals surface area contributed by atoms with Crippen molar-refractivity contribution in [2.24, 2.45) is 0 Å². The third-order valence-corrected chi connectivity index (χ3v) is 4.81. The Hall–Kier alpha value is -1.57. The van der Waals surface area contributed by atoms with E-state index in [0.717, 1.165) is 44.8 Å². The van der Waals surface area contributed by atoms with Gasteiger partial charge in [-0.2, -0.15) is 0 Å². The van der Waals surface area contributed by atoms with E-state index in [-0.39, 0.29) is 0 Å². The normalized spacial score (nSPS) is 15.6. The van der Waals surface area contributed by atoms with E-state index in [2.05, 4.69) is 65.6 Å². The Morgan fingerprint density at radius 2 is 1.35 bits per heavy atom. The molecule has 1 fully saturated rings. The van der Waals surface area contributed by atoms with Crippen LogP contribution in [0.1, 0.15) is 30.4 Å². The molecule has 0 aromatic heterocycles. The van der Waals surface area contributed by atoms with Crippen molar-refractivity contribution in [1.82, 2.24) is 4.90 Å². The fraction of sp³-hybridized carbons (Fsp3) is 0.333. The third kappa shape index (κ3) is 4.25. The second kappa shape index (κ2) is 8.33. The van der Waals surface area contributed by atoms with E-state index in [0.29, 0.717) is 0 Å². The summed E-state index contributed by atoms with van der Waals surface area (Å²) in [4.78, 5) is 2.54. The van der Waals surface area contributed by atoms with Crippen molar-refractivity contribution >= 4 is 17.2 Å². The monoisotopic (exact) mass is 325 g/mol. The quantitative estimate of drug-likeness (QED) is 0.682. The zero-order chi connectivity index (χ0) is 15.9. The number of hydrogen-bond donors (Lipinski definition) is 0. The molecule has 1 aliphatic rings. The molecule has 0 bridgehead atoms. The number of likely N-dealkylation sites (tertiary alicyclic amines) is 1. The topological polar surface area (TPSA) is 3.24 Å². The van der Waals surface area contributed by atoms with Crippen molar-refractivity contribution < 1.29 is 0 Å². The minimum Gasteiger partial charge on any atom is -0.303 e. The van der Waals surface area contributed by atoms with Gasteiger partial charge in [-0.15, -0.1) is 11.6 Å². The smallest absolute Gasteiger partial charge is 0.0235 e. The highest BCUT2D eigenvalue weighted by atomic mass is 35.5. The maximum Gasteiger partial charge on any atom is 0.0235 e. The summed E-state index contributed by atoms with van der Waals surface area (Å²) in [7, 11) is 0. The molecular formula is C21H24ClN. The lowest BCUT2D eigenvalue weighted by molar-refractivity contribution is 0.258. The van der Waals surface area contributed by atoms with Gasteiger partial charge >= 0.3 is 0 Å². The number of piperidine rings is 1. The molecule has 0 N–H and O–H groups in total. The van der Waals surface area contributed by atoms with Gasteiger partial charge in [0.15, 0.2) is 0 Å². The van der Waals surface area contributed by atoms with Crippen molar-refractivity contribution in [3.63, 3.8) is 0 Å². The molecule has 0 radical (unpaired) electrons. The highest BCUT2D eigenvalue weighted by Gasteiger charge is 2.18. The summed E-state index contributed by atoms with van der Waals surface area (Å²) >= 11 is 5.82. The molecule has 2 aromatic rings. The first kappa shape index (κ1) is 16.3. The molecule has 0 saturated carbocycles. The van der Waals surface area contributed by atoms with Gasteiger partial charge in [-0.1, -0.05) is 66.2 Å². The molecule has 3 rings (SSSR count). The summed E-state index contributed by atoms with van der Waals surface area (Å²) in [5.74, 6) is 0.762. The minimum absolute atomic E-state index is 0.762. The summed E-state index contributed by atoms with van der Waals surface area (Å²) in [6.45, 7) is 3.42. The van der Waals surface area contributed by atoms with E-state index in [9.17, 15) is 0 Å². The van der Waals surface area contributed by atoms with Crippen LogP contribution in [0.2, 0.25) is 0 Å². The number of nitrogens with zero attached hydrogens (tertiary/aromatic N) is 1. The summed E-state index contributed by atoms with van der Waals surface area (Å²) < 4.78 is 0. The highest BCUT2D eigenvalue weighted by Crippen LogP contribution is 2.32. The molecule has 0 atom stereocenters. The van der Waals surface area contributed by atoms with Gasteiger partial charge in [0.05, 0.1) is 0 Å². The van der Waals surface area contributed by atoms with Gasteiger partial charge in [0, 0.05) is 19.0 Å². The van der Waals surface area contributed by atoms with Gasteiger partial charge in [0.25, 0.3) is 0 Å². The van der Waals surface area contributed by atoms with Crippen molar-refractivity contribution in [1.29, 1.82) is 0 Å². The van der Waals surface area contributed by atoms with Gasteiger partial charge in [-0.25, -0.2) is 0 Å². The van der Waals surface area contributed by atoms with Gasteiger partial charge < -0.3 is 4.90 Å². The van der Waals surface area contributed by atoms with Crippen LogP contribution >= 0.6 is 11.6 Å². The zero-order valence-electron chi connectivity index (χ0n) is 13.5. The molecule has 1 aliphatic heterocycles. The third-order valence-electron chi connectivity index (χ3n) is 4.55. The van der Waals surface area contributed by atoms with E-state index in [1.54, 1.807) is 5.57 Å². The maximum atomic E-state index is 5.82. The van der Waals surface area contributed by atoms with Crippen LogP contribution < -0.4 is 0 Å². The molecule has 0 amide bonds. The molecule has 2 heteroatoms. The molecule has 120 valence electrons. The summed E-state index contributed by atoms with van der Waals surface area (Å²) in [5, 5.41) is 0. The summed E-state index contributed by atoms with van der Waals surface area (Å²) in [6, 6.07) is 21.6. The molecular weight excluding hydrogens is 302 g/mol. The predicted octanol–water partition coefficient (Wildman–Crippen LogP) is 5.21. The Labute approximate surface area is 144 Å².